The van der Waals surface area contributed by atoms with Crippen LogP contribution in [0.25, 0.3) is 22.3 Å². The van der Waals surface area contributed by atoms with Gasteiger partial charge in [0.2, 0.25) is 0 Å². The molecule has 29 heavy (non-hydrogen) atoms. The van der Waals surface area contributed by atoms with E-state index in [4.69, 9.17) is 9.72 Å². The van der Waals surface area contributed by atoms with Crippen LogP contribution in [-0.2, 0) is 34.7 Å². The lowest BCUT2D eigenvalue weighted by Crippen LogP contribution is -2.44. The number of rotatable bonds is 2. The van der Waals surface area contributed by atoms with Crippen molar-refractivity contribution in [3.63, 3.8) is 0 Å². The summed E-state index contributed by atoms with van der Waals surface area (Å²) in [6.07, 6.45) is 0.850. The summed E-state index contributed by atoms with van der Waals surface area (Å²) in [5, 5.41) is 21.8. The van der Waals surface area contributed by atoms with Gasteiger partial charge < -0.3 is 19.5 Å². The minimum atomic E-state index is -1.84. The molecule has 1 aromatic carbocycles. The van der Waals surface area contributed by atoms with Gasteiger partial charge in [-0.3, -0.25) is 4.79 Å². The number of fused-ring (bicyclic) bond motifs is 5. The largest absolute Gasteiger partial charge is 0.508 e. The summed E-state index contributed by atoms with van der Waals surface area (Å²) in [6, 6.07) is 6.78. The molecule has 2 N–H and O–H groups in total. The number of phenols is 1. The monoisotopic (exact) mass is 392 g/mol. The average Bonchev–Trinajstić information content (AvgIpc) is 3.08. The van der Waals surface area contributed by atoms with Crippen molar-refractivity contribution in [3.8, 4) is 17.1 Å². The Morgan fingerprint density at radius 1 is 1.21 bits per heavy atom. The third-order valence-electron chi connectivity index (χ3n) is 6.14. The number of cyclic esters (lactones) is 1. The van der Waals surface area contributed by atoms with Crippen LogP contribution in [0.2, 0.25) is 0 Å². The van der Waals surface area contributed by atoms with Gasteiger partial charge in [-0.2, -0.15) is 0 Å². The van der Waals surface area contributed by atoms with Crippen molar-refractivity contribution in [1.29, 1.82) is 0 Å². The molecule has 0 radical (unpaired) electrons. The lowest BCUT2D eigenvalue weighted by molar-refractivity contribution is -0.172. The fourth-order valence-corrected chi connectivity index (χ4v) is 4.56. The van der Waals surface area contributed by atoms with E-state index in [0.29, 0.717) is 34.6 Å². The first kappa shape index (κ1) is 17.9. The maximum Gasteiger partial charge on any atom is 0.343 e. The van der Waals surface area contributed by atoms with Crippen LogP contribution in [0.3, 0.4) is 0 Å². The number of pyridine rings is 2. The molecule has 2 aliphatic heterocycles. The van der Waals surface area contributed by atoms with Gasteiger partial charge in [0, 0.05) is 22.6 Å². The fourth-order valence-electron chi connectivity index (χ4n) is 4.56. The number of phenolic OH excluding ortho intramolecular Hbond substituents is 1. The SMILES string of the molecule is CCc1c2c(nc3cc(O)ccc13)-c1cc3c(c(=O)n1C2)COC(=O)C3(O)CC. The molecule has 0 saturated heterocycles. The summed E-state index contributed by atoms with van der Waals surface area (Å²) in [4.78, 5) is 30.2. The van der Waals surface area contributed by atoms with Crippen LogP contribution >= 0.6 is 0 Å². The third kappa shape index (κ3) is 2.25. The molecule has 0 amide bonds. The number of aromatic nitrogens is 2. The molecule has 0 spiro atoms. The van der Waals surface area contributed by atoms with E-state index in [1.165, 1.54) is 0 Å². The normalized spacial score (nSPS) is 19.6. The van der Waals surface area contributed by atoms with Crippen LogP contribution in [-0.4, -0.2) is 25.7 Å². The summed E-state index contributed by atoms with van der Waals surface area (Å²) >= 11 is 0. The third-order valence-corrected chi connectivity index (χ3v) is 6.14. The predicted molar refractivity (Wildman–Crippen MR) is 106 cm³/mol. The molecule has 3 aromatic rings. The van der Waals surface area contributed by atoms with Gasteiger partial charge in [0.1, 0.15) is 12.4 Å². The zero-order valence-corrected chi connectivity index (χ0v) is 16.2. The van der Waals surface area contributed by atoms with E-state index in [-0.39, 0.29) is 24.3 Å². The molecule has 2 aliphatic rings. The molecular weight excluding hydrogens is 372 g/mol. The van der Waals surface area contributed by atoms with Gasteiger partial charge in [-0.15, -0.1) is 0 Å². The van der Waals surface area contributed by atoms with Crippen molar-refractivity contribution < 1.29 is 19.7 Å². The summed E-state index contributed by atoms with van der Waals surface area (Å²) in [6.45, 7) is 3.96. The Balaban J connectivity index is 1.84. The highest BCUT2D eigenvalue weighted by molar-refractivity contribution is 5.89. The summed E-state index contributed by atoms with van der Waals surface area (Å²) in [5.41, 5.74) is 2.40. The molecule has 0 saturated carbocycles. The molecule has 5 rings (SSSR count). The molecule has 1 unspecified atom stereocenters. The number of hydrogen-bond donors (Lipinski definition) is 2. The number of carbonyl (C=O) groups is 1. The van der Waals surface area contributed by atoms with Crippen molar-refractivity contribution >= 4 is 16.9 Å². The fraction of sp³-hybridized carbons (Fsp3) is 0.318. The van der Waals surface area contributed by atoms with Gasteiger partial charge in [0.15, 0.2) is 5.60 Å². The average molecular weight is 392 g/mol. The van der Waals surface area contributed by atoms with Crippen LogP contribution in [0.5, 0.6) is 5.75 Å². The first-order valence-electron chi connectivity index (χ1n) is 9.70. The highest BCUT2D eigenvalue weighted by atomic mass is 16.6. The van der Waals surface area contributed by atoms with Gasteiger partial charge in [0.25, 0.3) is 5.56 Å². The molecule has 7 heteroatoms. The van der Waals surface area contributed by atoms with E-state index < -0.39 is 11.6 Å². The number of nitrogens with zero attached hydrogens (tertiary/aromatic N) is 2. The highest BCUT2D eigenvalue weighted by Gasteiger charge is 2.45. The zero-order chi connectivity index (χ0) is 20.5. The van der Waals surface area contributed by atoms with Crippen LogP contribution < -0.4 is 5.56 Å². The van der Waals surface area contributed by atoms with Gasteiger partial charge in [0.05, 0.1) is 29.0 Å². The molecule has 148 valence electrons. The number of esters is 1. The minimum Gasteiger partial charge on any atom is -0.508 e. The molecule has 1 atom stereocenters. The van der Waals surface area contributed by atoms with E-state index in [1.54, 1.807) is 29.7 Å². The van der Waals surface area contributed by atoms with Gasteiger partial charge >= 0.3 is 5.97 Å². The zero-order valence-electron chi connectivity index (χ0n) is 16.2. The highest BCUT2D eigenvalue weighted by Crippen LogP contribution is 2.40. The second-order valence-corrected chi connectivity index (χ2v) is 7.58. The number of hydrogen-bond acceptors (Lipinski definition) is 6. The molecular formula is C22H20N2O5. The maximum absolute atomic E-state index is 13.2. The Bertz CT molecular complexity index is 1280. The van der Waals surface area contributed by atoms with Crippen molar-refractivity contribution in [2.45, 2.75) is 45.4 Å². The Kier molecular flexibility index (Phi) is 3.64. The topological polar surface area (TPSA) is 102 Å². The second kappa shape index (κ2) is 5.90. The second-order valence-electron chi connectivity index (χ2n) is 7.58. The van der Waals surface area contributed by atoms with Crippen LogP contribution in [0.15, 0.2) is 29.1 Å². The number of ether oxygens (including phenoxy) is 1. The number of aryl methyl sites for hydroxylation is 1. The van der Waals surface area contributed by atoms with Gasteiger partial charge in [-0.1, -0.05) is 13.8 Å². The summed E-state index contributed by atoms with van der Waals surface area (Å²) < 4.78 is 6.73. The van der Waals surface area contributed by atoms with E-state index in [1.807, 2.05) is 13.0 Å². The molecule has 0 bridgehead atoms. The van der Waals surface area contributed by atoms with E-state index >= 15 is 0 Å². The van der Waals surface area contributed by atoms with Crippen molar-refractivity contribution in [2.75, 3.05) is 0 Å². The standard InChI is InChI=1S/C22H20N2O5/c1-3-12-13-6-5-11(25)7-17(13)23-19-14(12)9-24-18(19)8-16-15(20(24)26)10-29-21(27)22(16,28)4-2/h5-8,25,28H,3-4,9-10H2,1-2H3. The molecule has 2 aromatic heterocycles. The van der Waals surface area contributed by atoms with Crippen molar-refractivity contribution in [2.24, 2.45) is 0 Å². The summed E-state index contributed by atoms with van der Waals surface area (Å²) in [5.74, 6) is -0.614. The number of carbonyl (C=O) groups excluding carboxylic acids is 1. The first-order valence-corrected chi connectivity index (χ1v) is 9.70. The molecule has 7 nitrogen and oxygen atoms in total. The van der Waals surface area contributed by atoms with E-state index in [2.05, 4.69) is 0 Å². The lowest BCUT2D eigenvalue weighted by Gasteiger charge is -2.31. The van der Waals surface area contributed by atoms with Gasteiger partial charge in [-0.05, 0) is 36.6 Å². The number of benzene rings is 1. The molecule has 0 fully saturated rings. The predicted octanol–water partition coefficient (Wildman–Crippen LogP) is 2.35. The number of aliphatic hydroxyl groups is 1. The number of aromatic hydroxyl groups is 1. The smallest absolute Gasteiger partial charge is 0.343 e. The van der Waals surface area contributed by atoms with E-state index in [0.717, 1.165) is 22.9 Å². The van der Waals surface area contributed by atoms with Crippen LogP contribution in [0.1, 0.15) is 42.5 Å². The minimum absolute atomic E-state index is 0.105. The van der Waals surface area contributed by atoms with Gasteiger partial charge in [-0.25, -0.2) is 9.78 Å². The quantitative estimate of drug-likeness (QED) is 0.508. The molecule has 0 aliphatic carbocycles. The Hall–Kier alpha value is -3.19. The summed E-state index contributed by atoms with van der Waals surface area (Å²) in [7, 11) is 0. The van der Waals surface area contributed by atoms with Crippen LogP contribution in [0, 0.1) is 0 Å². The first-order chi connectivity index (χ1) is 13.9. The van der Waals surface area contributed by atoms with Crippen LogP contribution in [0.4, 0.5) is 0 Å². The molecule has 4 heterocycles. The van der Waals surface area contributed by atoms with Crippen molar-refractivity contribution in [1.82, 2.24) is 9.55 Å². The van der Waals surface area contributed by atoms with Crippen molar-refractivity contribution in [3.05, 3.63) is 56.9 Å². The van der Waals surface area contributed by atoms with E-state index in [9.17, 15) is 19.8 Å². The lowest BCUT2D eigenvalue weighted by atomic mass is 9.86. The Morgan fingerprint density at radius 3 is 2.72 bits per heavy atom. The maximum atomic E-state index is 13.2. The Labute approximate surface area is 166 Å². The Morgan fingerprint density at radius 2 is 2.00 bits per heavy atom.